The molecule has 0 bridgehead atoms. The second kappa shape index (κ2) is 20.4. The van der Waals surface area contributed by atoms with Gasteiger partial charge in [0.2, 0.25) is 0 Å². The molecule has 13 nitrogen and oxygen atoms in total. The molecule has 0 saturated heterocycles. The number of halogens is 1. The molecule has 3 aromatic heterocycles. The summed E-state index contributed by atoms with van der Waals surface area (Å²) < 4.78 is 21.5. The van der Waals surface area contributed by atoms with Crippen molar-refractivity contribution in [2.24, 2.45) is 0 Å². The number of carboxylic acid groups (broad SMARTS) is 1. The van der Waals surface area contributed by atoms with Crippen molar-refractivity contribution in [3.8, 4) is 17.6 Å². The van der Waals surface area contributed by atoms with E-state index in [9.17, 15) is 19.4 Å². The lowest BCUT2D eigenvalue weighted by Gasteiger charge is -2.24. The van der Waals surface area contributed by atoms with E-state index in [-0.39, 0.29) is 18.1 Å². The zero-order valence-electron chi connectivity index (χ0n) is 32.8. The number of anilines is 4. The first-order valence-corrected chi connectivity index (χ1v) is 20.0. The number of carboxylic acids is 1. The molecule has 298 valence electrons. The molecule has 5 aromatic rings. The third-order valence-corrected chi connectivity index (χ3v) is 10.7. The first-order chi connectivity index (χ1) is 26.9. The molecule has 56 heavy (non-hydrogen) atoms. The number of para-hydroxylation sites is 1. The second-order valence-electron chi connectivity index (χ2n) is 14.1. The normalized spacial score (nSPS) is 12.0. The molecule has 0 aliphatic carbocycles. The SMILES string of the molecule is Cc1cc(N(CCCC(O)CN(C)CCN(C)C)c2nc(C(=O)O)c(CCCOc3ccc(C#CCN(C)C)cc3F)s2)nnc1Nc1nc2ccccc2s1. The van der Waals surface area contributed by atoms with Crippen molar-refractivity contribution in [2.45, 2.75) is 38.7 Å². The van der Waals surface area contributed by atoms with Gasteiger partial charge in [-0.15, -0.1) is 21.5 Å². The predicted molar refractivity (Wildman–Crippen MR) is 223 cm³/mol. The number of thiazole rings is 2. The smallest absolute Gasteiger partial charge is 0.355 e. The Morgan fingerprint density at radius 1 is 0.982 bits per heavy atom. The van der Waals surface area contributed by atoms with Gasteiger partial charge in [-0.05, 0) is 110 Å². The van der Waals surface area contributed by atoms with Crippen LogP contribution in [0.3, 0.4) is 0 Å². The fourth-order valence-electron chi connectivity index (χ4n) is 5.66. The lowest BCUT2D eigenvalue weighted by atomic mass is 10.2. The van der Waals surface area contributed by atoms with Crippen LogP contribution >= 0.6 is 22.7 Å². The van der Waals surface area contributed by atoms with Gasteiger partial charge < -0.3 is 35.0 Å². The van der Waals surface area contributed by atoms with Crippen LogP contribution in [-0.4, -0.2) is 132 Å². The molecule has 16 heteroatoms. The van der Waals surface area contributed by atoms with Crippen LogP contribution in [0.4, 0.5) is 26.3 Å². The van der Waals surface area contributed by atoms with Crippen LogP contribution in [0.25, 0.3) is 10.2 Å². The van der Waals surface area contributed by atoms with Crippen LogP contribution in [0.15, 0.2) is 48.5 Å². The molecule has 5 rings (SSSR count). The van der Waals surface area contributed by atoms with Crippen molar-refractivity contribution in [1.29, 1.82) is 0 Å². The zero-order chi connectivity index (χ0) is 40.2. The minimum atomic E-state index is -1.14. The molecule has 0 spiro atoms. The number of aromatic carboxylic acids is 1. The van der Waals surface area contributed by atoms with Crippen LogP contribution < -0.4 is 15.0 Å². The fraction of sp³-hybridized carbons (Fsp3) is 0.425. The summed E-state index contributed by atoms with van der Waals surface area (Å²) in [5, 5.41) is 34.5. The van der Waals surface area contributed by atoms with Crippen molar-refractivity contribution >= 4 is 60.8 Å². The zero-order valence-corrected chi connectivity index (χ0v) is 34.4. The van der Waals surface area contributed by atoms with E-state index in [4.69, 9.17) is 4.74 Å². The summed E-state index contributed by atoms with van der Waals surface area (Å²) in [6, 6.07) is 14.4. The van der Waals surface area contributed by atoms with E-state index in [1.807, 2.05) is 82.3 Å². The first-order valence-electron chi connectivity index (χ1n) is 18.4. The minimum absolute atomic E-state index is 0.0526. The highest BCUT2D eigenvalue weighted by atomic mass is 32.1. The number of fused-ring (bicyclic) bond motifs is 1. The maximum Gasteiger partial charge on any atom is 0.355 e. The van der Waals surface area contributed by atoms with Gasteiger partial charge in [0.15, 0.2) is 39.2 Å². The number of rotatable bonds is 20. The molecule has 1 atom stereocenters. The van der Waals surface area contributed by atoms with Crippen molar-refractivity contribution < 1.29 is 24.1 Å². The minimum Gasteiger partial charge on any atom is -0.491 e. The van der Waals surface area contributed by atoms with Crippen molar-refractivity contribution in [3.05, 3.63) is 76.0 Å². The Bertz CT molecular complexity index is 2100. The molecule has 3 heterocycles. The monoisotopic (exact) mass is 803 g/mol. The summed E-state index contributed by atoms with van der Waals surface area (Å²) in [6.07, 6.45) is 1.36. The Labute approximate surface area is 335 Å². The predicted octanol–water partition coefficient (Wildman–Crippen LogP) is 6.13. The van der Waals surface area contributed by atoms with E-state index in [0.29, 0.717) is 77.7 Å². The number of nitrogens with one attached hydrogen (secondary N) is 1. The van der Waals surface area contributed by atoms with E-state index >= 15 is 0 Å². The van der Waals surface area contributed by atoms with Crippen molar-refractivity contribution in [2.75, 3.05) is 84.8 Å². The van der Waals surface area contributed by atoms with Crippen molar-refractivity contribution in [1.82, 2.24) is 34.9 Å². The van der Waals surface area contributed by atoms with E-state index < -0.39 is 17.9 Å². The van der Waals surface area contributed by atoms with Gasteiger partial charge in [-0.3, -0.25) is 4.90 Å². The van der Waals surface area contributed by atoms with Crippen LogP contribution in [0, 0.1) is 24.6 Å². The van der Waals surface area contributed by atoms with Gasteiger partial charge in [0.1, 0.15) is 0 Å². The molecule has 0 radical (unpaired) electrons. The molecule has 0 aliphatic heterocycles. The quantitative estimate of drug-likeness (QED) is 0.0614. The molecule has 0 amide bonds. The second-order valence-corrected chi connectivity index (χ2v) is 16.2. The maximum atomic E-state index is 14.8. The Morgan fingerprint density at radius 3 is 2.50 bits per heavy atom. The summed E-state index contributed by atoms with van der Waals surface area (Å²) >= 11 is 2.78. The largest absolute Gasteiger partial charge is 0.491 e. The standard InChI is InChI=1S/C40H50FN9O4S2/c1-27-24-35(45-46-37(27)44-39-42-31-14-7-8-15-33(31)55-39)50(20-10-13-29(51)26-49(6)22-21-48(4)5)40-43-36(38(52)53)34(56-40)16-11-23-54-32-18-17-28(25-30(32)41)12-9-19-47(2)3/h7-8,14-15,17-18,24-25,29,51H,10-11,13,16,19-23,26H2,1-6H3,(H,52,53)(H,42,44,46). The highest BCUT2D eigenvalue weighted by Gasteiger charge is 2.24. The summed E-state index contributed by atoms with van der Waals surface area (Å²) in [7, 11) is 9.86. The number of nitrogens with zero attached hydrogens (tertiary/aromatic N) is 8. The summed E-state index contributed by atoms with van der Waals surface area (Å²) in [5.74, 6) is 5.44. The average molecular weight is 804 g/mol. The number of hydrogen-bond acceptors (Lipinski definition) is 14. The molecule has 0 aliphatic rings. The third kappa shape index (κ3) is 12.4. The van der Waals surface area contributed by atoms with Crippen LogP contribution in [-0.2, 0) is 6.42 Å². The number of ether oxygens (including phenoxy) is 1. The highest BCUT2D eigenvalue weighted by molar-refractivity contribution is 7.22. The van der Waals surface area contributed by atoms with Crippen molar-refractivity contribution in [3.63, 3.8) is 0 Å². The van der Waals surface area contributed by atoms with E-state index in [1.54, 1.807) is 12.1 Å². The lowest BCUT2D eigenvalue weighted by Crippen LogP contribution is -2.34. The Kier molecular flexibility index (Phi) is 15.5. The van der Waals surface area contributed by atoms with Gasteiger partial charge >= 0.3 is 5.97 Å². The Hall–Kier alpha value is -4.76. The van der Waals surface area contributed by atoms with Gasteiger partial charge in [-0.1, -0.05) is 35.3 Å². The summed E-state index contributed by atoms with van der Waals surface area (Å²) in [4.78, 5) is 30.2. The number of aliphatic hydroxyl groups excluding tert-OH is 1. The highest BCUT2D eigenvalue weighted by Crippen LogP contribution is 2.34. The Balaban J connectivity index is 1.30. The van der Waals surface area contributed by atoms with Gasteiger partial charge in [-0.2, -0.15) is 0 Å². The number of likely N-dealkylation sites (N-methyl/N-ethyl adjacent to an activating group) is 2. The van der Waals surface area contributed by atoms with E-state index in [0.717, 1.165) is 28.9 Å². The van der Waals surface area contributed by atoms with Gasteiger partial charge in [0.05, 0.1) is 29.5 Å². The molecule has 0 saturated carbocycles. The van der Waals surface area contributed by atoms with Gasteiger partial charge in [0, 0.05) is 36.6 Å². The number of aromatic nitrogens is 4. The molecule has 0 fully saturated rings. The molecular weight excluding hydrogens is 754 g/mol. The van der Waals surface area contributed by atoms with Crippen LogP contribution in [0.1, 0.15) is 45.8 Å². The number of aryl methyl sites for hydroxylation is 2. The van der Waals surface area contributed by atoms with E-state index in [1.165, 1.54) is 28.7 Å². The summed E-state index contributed by atoms with van der Waals surface area (Å²) in [5.41, 5.74) is 2.21. The molecule has 1 unspecified atom stereocenters. The number of carbonyl (C=O) groups is 1. The lowest BCUT2D eigenvalue weighted by molar-refractivity contribution is 0.0690. The number of aliphatic hydroxyl groups is 1. The molecule has 2 aromatic carbocycles. The van der Waals surface area contributed by atoms with Gasteiger partial charge in [0.25, 0.3) is 0 Å². The van der Waals surface area contributed by atoms with Crippen LogP contribution in [0.2, 0.25) is 0 Å². The number of benzene rings is 2. The topological polar surface area (TPSA) is 143 Å². The molecule has 3 N–H and O–H groups in total. The van der Waals surface area contributed by atoms with E-state index in [2.05, 4.69) is 47.1 Å². The van der Waals surface area contributed by atoms with Crippen LogP contribution in [0.5, 0.6) is 5.75 Å². The molecular formula is C40H50FN9O4S2. The Morgan fingerprint density at radius 2 is 1.79 bits per heavy atom. The van der Waals surface area contributed by atoms with Gasteiger partial charge in [-0.25, -0.2) is 19.2 Å². The number of hydrogen-bond donors (Lipinski definition) is 3. The maximum absolute atomic E-state index is 14.8. The first kappa shape index (κ1) is 42.4. The average Bonchev–Trinajstić information content (AvgIpc) is 3.76. The third-order valence-electron chi connectivity index (χ3n) is 8.62. The fourth-order valence-corrected chi connectivity index (χ4v) is 7.65. The summed E-state index contributed by atoms with van der Waals surface area (Å²) in [6.45, 7) is 5.33.